The fraction of sp³-hybridized carbons (Fsp3) is 0.875. The zero-order valence-electron chi connectivity index (χ0n) is 8.46. The van der Waals surface area contributed by atoms with E-state index in [1.54, 1.807) is 0 Å². The van der Waals surface area contributed by atoms with E-state index < -0.39 is 19.8 Å². The quantitative estimate of drug-likeness (QED) is 0.490. The number of carbonyl (C=O) groups is 1. The van der Waals surface area contributed by atoms with E-state index in [9.17, 15) is 4.79 Å². The van der Waals surface area contributed by atoms with Gasteiger partial charge in [-0.15, -0.1) is 0 Å². The first-order valence-corrected chi connectivity index (χ1v) is 14.7. The predicted molar refractivity (Wildman–Crippen MR) is 59.8 cm³/mol. The van der Waals surface area contributed by atoms with E-state index in [-0.39, 0.29) is 5.97 Å². The second-order valence-corrected chi connectivity index (χ2v) is 13.5. The molecule has 0 atom stereocenters. The summed E-state index contributed by atoms with van der Waals surface area (Å²) in [5, 5.41) is 0. The van der Waals surface area contributed by atoms with Gasteiger partial charge in [0.05, 0.1) is 7.11 Å². The van der Waals surface area contributed by atoms with Gasteiger partial charge in [-0.2, -0.15) is 12.6 Å². The molecule has 0 bridgehead atoms. The molecular weight excluding hydrogens is 279 g/mol. The van der Waals surface area contributed by atoms with E-state index in [1.807, 2.05) is 0 Å². The predicted octanol–water partition coefficient (Wildman–Crippen LogP) is 1.97. The molecule has 0 aliphatic rings. The van der Waals surface area contributed by atoms with Crippen LogP contribution in [-0.2, 0) is 9.53 Å². The van der Waals surface area contributed by atoms with Gasteiger partial charge in [-0.3, -0.25) is 4.79 Å². The second kappa shape index (κ2) is 11.6. The molecule has 0 saturated carbocycles. The number of esters is 1. The summed E-state index contributed by atoms with van der Waals surface area (Å²) in [6.07, 6.45) is 1.29. The molecule has 0 aromatic rings. The maximum atomic E-state index is 10.3. The molecule has 0 aromatic heterocycles. The number of ether oxygens (including phenoxy) is 1. The molecular formula is C8H20O2SSn. The van der Waals surface area contributed by atoms with Crippen LogP contribution in [-0.4, -0.2) is 38.6 Å². The van der Waals surface area contributed by atoms with Crippen molar-refractivity contribution >= 4 is 38.4 Å². The van der Waals surface area contributed by atoms with Crippen LogP contribution in [0.5, 0.6) is 0 Å². The van der Waals surface area contributed by atoms with E-state index in [0.717, 1.165) is 12.2 Å². The molecule has 0 saturated heterocycles. The van der Waals surface area contributed by atoms with Gasteiger partial charge in [-0.05, 0) is 12.2 Å². The van der Waals surface area contributed by atoms with Crippen LogP contribution < -0.4 is 0 Å². The number of rotatable bonds is 3. The molecule has 12 heavy (non-hydrogen) atoms. The molecule has 0 radical (unpaired) electrons. The van der Waals surface area contributed by atoms with Crippen LogP contribution in [0.4, 0.5) is 0 Å². The van der Waals surface area contributed by atoms with Crippen LogP contribution in [0.25, 0.3) is 0 Å². The molecule has 0 fully saturated rings. The van der Waals surface area contributed by atoms with Crippen LogP contribution in [0, 0.1) is 0 Å². The standard InChI is InChI=1S/C5H10O2S.3CH3.Sn.H/c1-7-5(6)3-2-4-8;;;;;/h8H,2-4H2,1H3;3*1H3;;. The van der Waals surface area contributed by atoms with Gasteiger partial charge in [-0.25, -0.2) is 0 Å². The van der Waals surface area contributed by atoms with Gasteiger partial charge in [0.1, 0.15) is 0 Å². The summed E-state index contributed by atoms with van der Waals surface area (Å²) in [6, 6.07) is 0. The van der Waals surface area contributed by atoms with Crippen LogP contribution >= 0.6 is 12.6 Å². The summed E-state index contributed by atoms with van der Waals surface area (Å²) in [6.45, 7) is 0. The van der Waals surface area contributed by atoms with Crippen LogP contribution in [0.3, 0.4) is 0 Å². The first kappa shape index (κ1) is 15.1. The van der Waals surface area contributed by atoms with Crippen molar-refractivity contribution in [1.29, 1.82) is 0 Å². The average Bonchev–Trinajstić information content (AvgIpc) is 1.99. The van der Waals surface area contributed by atoms with Crippen LogP contribution in [0.15, 0.2) is 0 Å². The minimum absolute atomic E-state index is 0.154. The van der Waals surface area contributed by atoms with Crippen molar-refractivity contribution < 1.29 is 9.53 Å². The van der Waals surface area contributed by atoms with E-state index in [0.29, 0.717) is 6.42 Å². The fourth-order valence-electron chi connectivity index (χ4n) is 0.325. The Morgan fingerprint density at radius 3 is 2.08 bits per heavy atom. The fourth-order valence-corrected chi connectivity index (χ4v) is 0.484. The number of carbonyl (C=O) groups excluding carboxylic acids is 1. The SMILES string of the molecule is COC(=O)CCCS.[CH3][SnH]([CH3])[CH3]. The van der Waals surface area contributed by atoms with Gasteiger partial charge in [0.15, 0.2) is 0 Å². The van der Waals surface area contributed by atoms with Crippen LogP contribution in [0.2, 0.25) is 14.8 Å². The number of hydrogen-bond donors (Lipinski definition) is 1. The number of methoxy groups -OCH3 is 1. The molecule has 0 aromatic carbocycles. The molecule has 0 spiro atoms. The van der Waals surface area contributed by atoms with Gasteiger partial charge in [0, 0.05) is 6.42 Å². The third kappa shape index (κ3) is 22.4. The van der Waals surface area contributed by atoms with Crippen molar-refractivity contribution in [2.75, 3.05) is 12.9 Å². The van der Waals surface area contributed by atoms with E-state index in [1.165, 1.54) is 7.11 Å². The average molecular weight is 299 g/mol. The van der Waals surface area contributed by atoms with Gasteiger partial charge >= 0.3 is 40.5 Å². The summed E-state index contributed by atoms with van der Waals surface area (Å²) >= 11 is 3.29. The summed E-state index contributed by atoms with van der Waals surface area (Å²) in [4.78, 5) is 17.4. The summed E-state index contributed by atoms with van der Waals surface area (Å²) < 4.78 is 4.38. The minimum atomic E-state index is -0.637. The molecule has 0 rings (SSSR count). The topological polar surface area (TPSA) is 26.3 Å². The zero-order valence-corrected chi connectivity index (χ0v) is 12.7. The second-order valence-electron chi connectivity index (χ2n) is 3.14. The van der Waals surface area contributed by atoms with Crippen molar-refractivity contribution in [3.8, 4) is 0 Å². The Morgan fingerprint density at radius 2 is 1.83 bits per heavy atom. The van der Waals surface area contributed by atoms with E-state index in [2.05, 4.69) is 32.2 Å². The number of thiol groups is 1. The molecule has 2 nitrogen and oxygen atoms in total. The molecule has 0 heterocycles. The molecule has 0 aliphatic heterocycles. The van der Waals surface area contributed by atoms with Crippen molar-refractivity contribution in [2.45, 2.75) is 27.7 Å². The van der Waals surface area contributed by atoms with E-state index >= 15 is 0 Å². The first-order chi connectivity index (χ1) is 5.54. The van der Waals surface area contributed by atoms with Crippen molar-refractivity contribution in [1.82, 2.24) is 0 Å². The molecule has 4 heteroatoms. The van der Waals surface area contributed by atoms with Gasteiger partial charge in [-0.1, -0.05) is 0 Å². The van der Waals surface area contributed by atoms with Gasteiger partial charge < -0.3 is 4.74 Å². The third-order valence-electron chi connectivity index (χ3n) is 0.767. The Kier molecular flexibility index (Phi) is 14.6. The molecule has 0 unspecified atom stereocenters. The Bertz CT molecular complexity index is 104. The molecule has 0 aliphatic carbocycles. The maximum absolute atomic E-state index is 10.3. The normalized spacial score (nSPS) is 8.83. The third-order valence-corrected chi connectivity index (χ3v) is 1.08. The van der Waals surface area contributed by atoms with Gasteiger partial charge in [0.25, 0.3) is 0 Å². The monoisotopic (exact) mass is 300 g/mol. The molecule has 0 N–H and O–H groups in total. The Hall–Kier alpha value is 0.619. The summed E-state index contributed by atoms with van der Waals surface area (Å²) in [5.41, 5.74) is 0. The Labute approximate surface area is 88.2 Å². The van der Waals surface area contributed by atoms with Gasteiger partial charge in [0.2, 0.25) is 0 Å². The Morgan fingerprint density at radius 1 is 1.42 bits per heavy atom. The summed E-state index contributed by atoms with van der Waals surface area (Å²) in [7, 11) is 1.39. The van der Waals surface area contributed by atoms with Crippen LogP contribution in [0.1, 0.15) is 12.8 Å². The van der Waals surface area contributed by atoms with Crippen molar-refractivity contribution in [2.24, 2.45) is 0 Å². The Balaban J connectivity index is 0. The van der Waals surface area contributed by atoms with E-state index in [4.69, 9.17) is 0 Å². The molecule has 74 valence electrons. The summed E-state index contributed by atoms with van der Waals surface area (Å²) in [5.74, 6) is 0.591. The first-order valence-electron chi connectivity index (χ1n) is 4.22. The van der Waals surface area contributed by atoms with Crippen molar-refractivity contribution in [3.63, 3.8) is 0 Å². The molecule has 0 amide bonds. The van der Waals surface area contributed by atoms with Crippen molar-refractivity contribution in [3.05, 3.63) is 0 Å². The number of hydrogen-bond acceptors (Lipinski definition) is 3. The zero-order chi connectivity index (χ0) is 9.98.